The van der Waals surface area contributed by atoms with Crippen LogP contribution >= 0.6 is 11.3 Å². The predicted octanol–water partition coefficient (Wildman–Crippen LogP) is 2.88. The molecule has 0 bridgehead atoms. The quantitative estimate of drug-likeness (QED) is 0.848. The average molecular weight is 238 g/mol. The van der Waals surface area contributed by atoms with Crippen molar-refractivity contribution in [2.45, 2.75) is 32.2 Å². The third kappa shape index (κ3) is 3.06. The largest absolute Gasteiger partial charge is 0.314 e. The summed E-state index contributed by atoms with van der Waals surface area (Å²) in [7, 11) is 0. The van der Waals surface area contributed by atoms with Crippen LogP contribution in [-0.4, -0.2) is 31.1 Å². The molecule has 1 atom stereocenters. The maximum atomic E-state index is 3.43. The smallest absolute Gasteiger partial charge is 0.0357 e. The second kappa shape index (κ2) is 6.38. The Morgan fingerprint density at radius 3 is 2.88 bits per heavy atom. The van der Waals surface area contributed by atoms with Gasteiger partial charge in [0.2, 0.25) is 0 Å². The number of thiophene rings is 1. The third-order valence-corrected chi connectivity index (χ3v) is 4.05. The predicted molar refractivity (Wildman–Crippen MR) is 71.0 cm³/mol. The summed E-state index contributed by atoms with van der Waals surface area (Å²) in [5.74, 6) is 0. The van der Waals surface area contributed by atoms with E-state index in [-0.39, 0.29) is 0 Å². The summed E-state index contributed by atoms with van der Waals surface area (Å²) < 4.78 is 0. The van der Waals surface area contributed by atoms with Crippen LogP contribution in [-0.2, 0) is 0 Å². The molecule has 2 rings (SSSR count). The van der Waals surface area contributed by atoms with Crippen molar-refractivity contribution in [3.8, 4) is 0 Å². The highest BCUT2D eigenvalue weighted by Gasteiger charge is 2.21. The van der Waals surface area contributed by atoms with Crippen LogP contribution in [0.2, 0.25) is 0 Å². The number of nitrogens with one attached hydrogen (secondary N) is 1. The summed E-state index contributed by atoms with van der Waals surface area (Å²) in [6.07, 6.45) is 3.95. The van der Waals surface area contributed by atoms with E-state index in [1.54, 1.807) is 0 Å². The molecule has 0 radical (unpaired) electrons. The lowest BCUT2D eigenvalue weighted by molar-refractivity contribution is 0.163. The van der Waals surface area contributed by atoms with E-state index in [1.165, 1.54) is 37.9 Å². The maximum absolute atomic E-state index is 3.43. The van der Waals surface area contributed by atoms with Crippen molar-refractivity contribution >= 4 is 11.3 Å². The van der Waals surface area contributed by atoms with Crippen molar-refractivity contribution in [3.05, 3.63) is 22.4 Å². The molecule has 1 saturated heterocycles. The monoisotopic (exact) mass is 238 g/mol. The molecule has 16 heavy (non-hydrogen) atoms. The topological polar surface area (TPSA) is 15.3 Å². The summed E-state index contributed by atoms with van der Waals surface area (Å²) in [4.78, 5) is 2.65. The lowest BCUT2D eigenvalue weighted by atomic mass is 10.0. The zero-order valence-electron chi connectivity index (χ0n) is 10.1. The summed E-state index contributed by atoms with van der Waals surface area (Å²) in [5, 5.41) is 7.96. The lowest BCUT2D eigenvalue weighted by Gasteiger charge is -2.34. The molecule has 1 N–H and O–H groups in total. The summed E-state index contributed by atoms with van der Waals surface area (Å²) in [6.45, 7) is 6.97. The van der Waals surface area contributed by atoms with Crippen molar-refractivity contribution < 1.29 is 0 Å². The fourth-order valence-electron chi connectivity index (χ4n) is 2.42. The van der Waals surface area contributed by atoms with Crippen LogP contribution in [0.1, 0.15) is 37.8 Å². The highest BCUT2D eigenvalue weighted by atomic mass is 32.1. The fraction of sp³-hybridized carbons (Fsp3) is 0.692. The van der Waals surface area contributed by atoms with Gasteiger partial charge < -0.3 is 5.32 Å². The van der Waals surface area contributed by atoms with Gasteiger partial charge in [0, 0.05) is 32.2 Å². The Bertz CT molecular complexity index is 278. The molecule has 0 spiro atoms. The molecule has 0 unspecified atom stereocenters. The minimum Gasteiger partial charge on any atom is -0.314 e. The fourth-order valence-corrected chi connectivity index (χ4v) is 3.12. The summed E-state index contributed by atoms with van der Waals surface area (Å²) in [6, 6.07) is 2.96. The highest BCUT2D eigenvalue weighted by Crippen LogP contribution is 2.28. The first-order valence-corrected chi connectivity index (χ1v) is 7.33. The first kappa shape index (κ1) is 12.1. The van der Waals surface area contributed by atoms with Crippen LogP contribution < -0.4 is 5.32 Å². The lowest BCUT2D eigenvalue weighted by Crippen LogP contribution is -2.45. The van der Waals surface area contributed by atoms with Gasteiger partial charge in [-0.15, -0.1) is 0 Å². The molecule has 90 valence electrons. The number of rotatable bonds is 5. The van der Waals surface area contributed by atoms with Crippen molar-refractivity contribution in [3.63, 3.8) is 0 Å². The molecule has 2 nitrogen and oxygen atoms in total. The van der Waals surface area contributed by atoms with Gasteiger partial charge in [0.25, 0.3) is 0 Å². The Hall–Kier alpha value is -0.380. The molecule has 0 amide bonds. The Morgan fingerprint density at radius 1 is 1.44 bits per heavy atom. The van der Waals surface area contributed by atoms with Crippen LogP contribution in [0.15, 0.2) is 16.8 Å². The number of hydrogen-bond acceptors (Lipinski definition) is 3. The zero-order chi connectivity index (χ0) is 11.2. The standard InChI is InChI=1S/C13H22N2S/c1-2-3-4-13(12-5-10-16-11-12)15-8-6-14-7-9-15/h5,10-11,13-14H,2-4,6-9H2,1H3/t13-/m0/s1. The Labute approximate surface area is 103 Å². The van der Waals surface area contributed by atoms with Crippen molar-refractivity contribution in [1.82, 2.24) is 10.2 Å². The van der Waals surface area contributed by atoms with Gasteiger partial charge in [-0.05, 0) is 28.8 Å². The minimum absolute atomic E-state index is 0.660. The Balaban J connectivity index is 2.01. The van der Waals surface area contributed by atoms with Crippen molar-refractivity contribution in [2.75, 3.05) is 26.2 Å². The van der Waals surface area contributed by atoms with Crippen LogP contribution in [0.4, 0.5) is 0 Å². The first-order chi connectivity index (χ1) is 7.92. The molecule has 1 fully saturated rings. The summed E-state index contributed by atoms with van der Waals surface area (Å²) >= 11 is 1.82. The molecule has 1 aromatic rings. The highest BCUT2D eigenvalue weighted by molar-refractivity contribution is 7.07. The first-order valence-electron chi connectivity index (χ1n) is 6.38. The molecule has 1 aromatic heterocycles. The maximum Gasteiger partial charge on any atom is 0.0357 e. The van der Waals surface area contributed by atoms with E-state index in [1.807, 2.05) is 11.3 Å². The molecular formula is C13H22N2S. The van der Waals surface area contributed by atoms with E-state index < -0.39 is 0 Å². The second-order valence-corrected chi connectivity index (χ2v) is 5.28. The van der Waals surface area contributed by atoms with E-state index in [0.717, 1.165) is 13.1 Å². The van der Waals surface area contributed by atoms with Gasteiger partial charge in [0.05, 0.1) is 0 Å². The summed E-state index contributed by atoms with van der Waals surface area (Å²) in [5.41, 5.74) is 1.53. The Morgan fingerprint density at radius 2 is 2.25 bits per heavy atom. The van der Waals surface area contributed by atoms with E-state index in [0.29, 0.717) is 6.04 Å². The van der Waals surface area contributed by atoms with Crippen LogP contribution in [0.3, 0.4) is 0 Å². The molecule has 0 aliphatic carbocycles. The Kier molecular flexibility index (Phi) is 4.82. The normalized spacial score (nSPS) is 19.8. The SMILES string of the molecule is CCCC[C@@H](c1ccsc1)N1CCNCC1. The molecule has 0 saturated carbocycles. The van der Waals surface area contributed by atoms with Crippen molar-refractivity contribution in [2.24, 2.45) is 0 Å². The van der Waals surface area contributed by atoms with Gasteiger partial charge in [-0.25, -0.2) is 0 Å². The van der Waals surface area contributed by atoms with E-state index in [4.69, 9.17) is 0 Å². The van der Waals surface area contributed by atoms with Crippen LogP contribution in [0, 0.1) is 0 Å². The van der Waals surface area contributed by atoms with Crippen LogP contribution in [0.5, 0.6) is 0 Å². The minimum atomic E-state index is 0.660. The van der Waals surface area contributed by atoms with Gasteiger partial charge in [-0.1, -0.05) is 19.8 Å². The molecule has 3 heteroatoms. The number of unbranched alkanes of at least 4 members (excludes halogenated alkanes) is 1. The second-order valence-electron chi connectivity index (χ2n) is 4.50. The van der Waals surface area contributed by atoms with E-state index in [2.05, 4.69) is 34.0 Å². The van der Waals surface area contributed by atoms with Gasteiger partial charge in [0.15, 0.2) is 0 Å². The molecule has 2 heterocycles. The number of hydrogen-bond donors (Lipinski definition) is 1. The molecular weight excluding hydrogens is 216 g/mol. The van der Waals surface area contributed by atoms with Crippen LogP contribution in [0.25, 0.3) is 0 Å². The third-order valence-electron chi connectivity index (χ3n) is 3.35. The van der Waals surface area contributed by atoms with Gasteiger partial charge >= 0.3 is 0 Å². The van der Waals surface area contributed by atoms with Crippen molar-refractivity contribution in [1.29, 1.82) is 0 Å². The average Bonchev–Trinajstić information content (AvgIpc) is 2.85. The van der Waals surface area contributed by atoms with Gasteiger partial charge in [-0.3, -0.25) is 4.90 Å². The van der Waals surface area contributed by atoms with E-state index in [9.17, 15) is 0 Å². The number of piperazine rings is 1. The molecule has 1 aliphatic rings. The molecule has 0 aromatic carbocycles. The number of nitrogens with zero attached hydrogens (tertiary/aromatic N) is 1. The van der Waals surface area contributed by atoms with Gasteiger partial charge in [0.1, 0.15) is 0 Å². The van der Waals surface area contributed by atoms with E-state index >= 15 is 0 Å². The zero-order valence-corrected chi connectivity index (χ0v) is 10.9. The van der Waals surface area contributed by atoms with Gasteiger partial charge in [-0.2, -0.15) is 11.3 Å². The molecule has 1 aliphatic heterocycles.